The Kier molecular flexibility index (Phi) is 3.52. The Hall–Kier alpha value is -1.89. The van der Waals surface area contributed by atoms with Crippen LogP contribution in [0.15, 0.2) is 6.20 Å². The van der Waals surface area contributed by atoms with Crippen molar-refractivity contribution in [3.63, 3.8) is 0 Å². The topological polar surface area (TPSA) is 104 Å². The molecule has 0 bridgehead atoms. The molecule has 1 unspecified atom stereocenters. The lowest BCUT2D eigenvalue weighted by atomic mass is 10.1. The fraction of sp³-hybridized carbons (Fsp3) is 0.500. The van der Waals surface area contributed by atoms with Crippen molar-refractivity contribution in [1.82, 2.24) is 15.1 Å². The van der Waals surface area contributed by atoms with Gasteiger partial charge in [0.05, 0.1) is 17.8 Å². The minimum absolute atomic E-state index is 0.355. The van der Waals surface area contributed by atoms with Gasteiger partial charge >= 0.3 is 5.97 Å². The van der Waals surface area contributed by atoms with Crippen LogP contribution in [0.2, 0.25) is 0 Å². The van der Waals surface area contributed by atoms with E-state index in [1.54, 1.807) is 14.0 Å². The molecule has 1 aromatic heterocycles. The molecular weight excluding hydrogens is 226 g/mol. The van der Waals surface area contributed by atoms with Crippen LogP contribution < -0.4 is 5.32 Å². The van der Waals surface area contributed by atoms with Crippen molar-refractivity contribution in [1.29, 1.82) is 0 Å². The molecule has 0 spiro atoms. The summed E-state index contributed by atoms with van der Waals surface area (Å²) < 4.78 is 1.49. The van der Waals surface area contributed by atoms with Crippen LogP contribution in [0.25, 0.3) is 0 Å². The Morgan fingerprint density at radius 3 is 2.59 bits per heavy atom. The molecule has 17 heavy (non-hydrogen) atoms. The number of nitrogens with one attached hydrogen (secondary N) is 1. The Balaban J connectivity index is 2.68. The van der Waals surface area contributed by atoms with Gasteiger partial charge in [-0.05, 0) is 13.8 Å². The summed E-state index contributed by atoms with van der Waals surface area (Å²) in [7, 11) is 1.68. The monoisotopic (exact) mass is 241 g/mol. The third-order valence-corrected chi connectivity index (χ3v) is 2.31. The van der Waals surface area contributed by atoms with Crippen molar-refractivity contribution < 1.29 is 19.8 Å². The molecule has 1 aromatic rings. The number of hydrogen-bond donors (Lipinski definition) is 3. The van der Waals surface area contributed by atoms with Gasteiger partial charge in [-0.15, -0.1) is 0 Å². The van der Waals surface area contributed by atoms with E-state index in [1.807, 2.05) is 0 Å². The summed E-state index contributed by atoms with van der Waals surface area (Å²) >= 11 is 0. The second-order valence-corrected chi connectivity index (χ2v) is 4.06. The molecule has 0 aromatic carbocycles. The molecule has 1 atom stereocenters. The van der Waals surface area contributed by atoms with E-state index in [9.17, 15) is 14.7 Å². The number of hydrogen-bond acceptors (Lipinski definition) is 4. The number of rotatable bonds is 4. The molecule has 0 radical (unpaired) electrons. The average molecular weight is 241 g/mol. The maximum atomic E-state index is 11.7. The van der Waals surface area contributed by atoms with E-state index in [2.05, 4.69) is 10.4 Å². The summed E-state index contributed by atoms with van der Waals surface area (Å²) in [4.78, 5) is 22.3. The van der Waals surface area contributed by atoms with Gasteiger partial charge in [-0.25, -0.2) is 4.79 Å². The van der Waals surface area contributed by atoms with Crippen LogP contribution in [0.1, 0.15) is 23.0 Å². The number of amides is 1. The Morgan fingerprint density at radius 1 is 1.59 bits per heavy atom. The maximum Gasteiger partial charge on any atom is 0.337 e. The van der Waals surface area contributed by atoms with Gasteiger partial charge in [0.15, 0.2) is 5.60 Å². The highest BCUT2D eigenvalue weighted by Crippen LogP contribution is 2.06. The normalized spacial score (nSPS) is 14.1. The maximum absolute atomic E-state index is 11.7. The van der Waals surface area contributed by atoms with Crippen molar-refractivity contribution in [3.05, 3.63) is 17.5 Å². The minimum Gasteiger partial charge on any atom is -0.479 e. The van der Waals surface area contributed by atoms with Crippen molar-refractivity contribution in [2.45, 2.75) is 19.4 Å². The Bertz CT molecular complexity index is 450. The van der Waals surface area contributed by atoms with E-state index in [-0.39, 0.29) is 6.54 Å². The fourth-order valence-corrected chi connectivity index (χ4v) is 1.25. The molecule has 0 saturated heterocycles. The predicted octanol–water partition coefficient (Wildman–Crippen LogP) is -0.706. The lowest BCUT2D eigenvalue weighted by Gasteiger charge is -2.17. The van der Waals surface area contributed by atoms with Gasteiger partial charge in [0.25, 0.3) is 5.91 Å². The highest BCUT2D eigenvalue weighted by molar-refractivity contribution is 5.95. The molecule has 0 aliphatic heterocycles. The van der Waals surface area contributed by atoms with Crippen molar-refractivity contribution in [3.8, 4) is 0 Å². The zero-order valence-corrected chi connectivity index (χ0v) is 9.89. The fourth-order valence-electron chi connectivity index (χ4n) is 1.25. The summed E-state index contributed by atoms with van der Waals surface area (Å²) in [6.45, 7) is 2.42. The molecular formula is C10H15N3O4. The third-order valence-electron chi connectivity index (χ3n) is 2.31. The van der Waals surface area contributed by atoms with Gasteiger partial charge in [0.1, 0.15) is 0 Å². The number of nitrogens with zero attached hydrogens (tertiary/aromatic N) is 2. The van der Waals surface area contributed by atoms with Gasteiger partial charge in [-0.1, -0.05) is 0 Å². The van der Waals surface area contributed by atoms with Crippen LogP contribution in [0.5, 0.6) is 0 Å². The quantitative estimate of drug-likeness (QED) is 0.646. The van der Waals surface area contributed by atoms with Gasteiger partial charge < -0.3 is 15.5 Å². The van der Waals surface area contributed by atoms with Crippen LogP contribution in [0.3, 0.4) is 0 Å². The summed E-state index contributed by atoms with van der Waals surface area (Å²) in [5.41, 5.74) is -1.08. The van der Waals surface area contributed by atoms with Crippen LogP contribution in [0, 0.1) is 6.92 Å². The van der Waals surface area contributed by atoms with E-state index >= 15 is 0 Å². The molecule has 1 heterocycles. The van der Waals surface area contributed by atoms with E-state index in [0.29, 0.717) is 11.3 Å². The van der Waals surface area contributed by atoms with Gasteiger partial charge in [0, 0.05) is 13.2 Å². The molecule has 3 N–H and O–H groups in total. The summed E-state index contributed by atoms with van der Waals surface area (Å²) in [5.74, 6) is -1.85. The predicted molar refractivity (Wildman–Crippen MR) is 58.5 cm³/mol. The van der Waals surface area contributed by atoms with Crippen LogP contribution in [-0.4, -0.2) is 44.0 Å². The van der Waals surface area contributed by atoms with E-state index in [1.165, 1.54) is 10.9 Å². The van der Waals surface area contributed by atoms with E-state index in [0.717, 1.165) is 6.92 Å². The second kappa shape index (κ2) is 4.54. The minimum atomic E-state index is -1.98. The zero-order valence-electron chi connectivity index (χ0n) is 9.89. The van der Waals surface area contributed by atoms with E-state index in [4.69, 9.17) is 5.11 Å². The number of carboxylic acids is 1. The van der Waals surface area contributed by atoms with Crippen LogP contribution in [-0.2, 0) is 11.8 Å². The molecule has 94 valence electrons. The molecule has 0 fully saturated rings. The SMILES string of the molecule is Cc1nn(C)cc1C(=O)NCC(C)(O)C(=O)O. The Morgan fingerprint density at radius 2 is 2.18 bits per heavy atom. The second-order valence-electron chi connectivity index (χ2n) is 4.06. The van der Waals surface area contributed by atoms with Gasteiger partial charge in [-0.2, -0.15) is 5.10 Å². The summed E-state index contributed by atoms with van der Waals surface area (Å²) in [6.07, 6.45) is 1.53. The van der Waals surface area contributed by atoms with Gasteiger partial charge in [-0.3, -0.25) is 9.48 Å². The highest BCUT2D eigenvalue weighted by atomic mass is 16.4. The standard InChI is InChI=1S/C10H15N3O4/c1-6-7(4-13(3)12-6)8(14)11-5-10(2,17)9(15)16/h4,17H,5H2,1-3H3,(H,11,14)(H,15,16). The molecule has 0 aliphatic rings. The third kappa shape index (κ3) is 3.04. The smallest absolute Gasteiger partial charge is 0.337 e. The number of aliphatic hydroxyl groups is 1. The first-order chi connectivity index (χ1) is 7.74. The van der Waals surface area contributed by atoms with Crippen molar-refractivity contribution in [2.24, 2.45) is 7.05 Å². The number of aromatic nitrogens is 2. The van der Waals surface area contributed by atoms with Crippen molar-refractivity contribution >= 4 is 11.9 Å². The molecule has 1 rings (SSSR count). The number of carbonyl (C=O) groups excluding carboxylic acids is 1. The van der Waals surface area contributed by atoms with E-state index < -0.39 is 17.5 Å². The average Bonchev–Trinajstić information content (AvgIpc) is 2.54. The highest BCUT2D eigenvalue weighted by Gasteiger charge is 2.30. The van der Waals surface area contributed by atoms with Crippen molar-refractivity contribution in [2.75, 3.05) is 6.54 Å². The summed E-state index contributed by atoms with van der Waals surface area (Å²) in [5, 5.41) is 24.4. The number of carbonyl (C=O) groups is 2. The van der Waals surface area contributed by atoms with Crippen LogP contribution in [0.4, 0.5) is 0 Å². The van der Waals surface area contributed by atoms with Gasteiger partial charge in [0.2, 0.25) is 0 Å². The molecule has 0 aliphatic carbocycles. The largest absolute Gasteiger partial charge is 0.479 e. The zero-order chi connectivity index (χ0) is 13.2. The number of aliphatic carboxylic acids is 1. The molecule has 0 saturated carbocycles. The van der Waals surface area contributed by atoms with Crippen LogP contribution >= 0.6 is 0 Å². The lowest BCUT2D eigenvalue weighted by molar-refractivity contribution is -0.155. The Labute approximate surface area is 98.1 Å². The first-order valence-corrected chi connectivity index (χ1v) is 4.98. The number of carboxylic acid groups (broad SMARTS) is 1. The summed E-state index contributed by atoms with van der Waals surface area (Å²) in [6, 6.07) is 0. The lowest BCUT2D eigenvalue weighted by Crippen LogP contribution is -2.46. The number of aryl methyl sites for hydroxylation is 2. The molecule has 7 nitrogen and oxygen atoms in total. The first-order valence-electron chi connectivity index (χ1n) is 4.98. The molecule has 1 amide bonds. The molecule has 7 heteroatoms. The first kappa shape index (κ1) is 13.2.